The van der Waals surface area contributed by atoms with E-state index in [1.165, 1.54) is 18.3 Å². The first kappa shape index (κ1) is 20.8. The van der Waals surface area contributed by atoms with Gasteiger partial charge in [-0.05, 0) is 55.5 Å². The van der Waals surface area contributed by atoms with Crippen molar-refractivity contribution in [3.63, 3.8) is 0 Å². The SMILES string of the molecule is O=C(Nc1ccc(Cl)cn1)C1CCCN(C(=O)C2(c3cccc(F)c3)CCCC2)C1. The molecule has 1 aromatic carbocycles. The summed E-state index contributed by atoms with van der Waals surface area (Å²) in [4.78, 5) is 32.3. The van der Waals surface area contributed by atoms with Crippen molar-refractivity contribution >= 4 is 29.2 Å². The highest BCUT2D eigenvalue weighted by Gasteiger charge is 2.46. The summed E-state index contributed by atoms with van der Waals surface area (Å²) in [6.45, 7) is 0.994. The zero-order chi connectivity index (χ0) is 21.1. The number of aromatic nitrogens is 1. The number of hydrogen-bond acceptors (Lipinski definition) is 3. The molecule has 0 bridgehead atoms. The highest BCUT2D eigenvalue weighted by Crippen LogP contribution is 2.43. The Morgan fingerprint density at radius 3 is 2.67 bits per heavy atom. The van der Waals surface area contributed by atoms with Crippen molar-refractivity contribution < 1.29 is 14.0 Å². The third kappa shape index (κ3) is 4.19. The molecule has 0 spiro atoms. The summed E-state index contributed by atoms with van der Waals surface area (Å²) in [5, 5.41) is 3.32. The smallest absolute Gasteiger partial charge is 0.233 e. The zero-order valence-electron chi connectivity index (χ0n) is 16.7. The molecule has 1 unspecified atom stereocenters. The van der Waals surface area contributed by atoms with Crippen molar-refractivity contribution in [2.45, 2.75) is 43.9 Å². The van der Waals surface area contributed by atoms with Crippen molar-refractivity contribution in [2.24, 2.45) is 5.92 Å². The van der Waals surface area contributed by atoms with Gasteiger partial charge >= 0.3 is 0 Å². The molecule has 2 amide bonds. The molecule has 5 nitrogen and oxygen atoms in total. The topological polar surface area (TPSA) is 62.3 Å². The van der Waals surface area contributed by atoms with Crippen molar-refractivity contribution in [2.75, 3.05) is 18.4 Å². The summed E-state index contributed by atoms with van der Waals surface area (Å²) < 4.78 is 13.9. The van der Waals surface area contributed by atoms with Crippen LogP contribution in [0.2, 0.25) is 5.02 Å². The summed E-state index contributed by atoms with van der Waals surface area (Å²) in [5.41, 5.74) is 0.0695. The Kier molecular flexibility index (Phi) is 6.04. The van der Waals surface area contributed by atoms with Gasteiger partial charge in [-0.15, -0.1) is 0 Å². The summed E-state index contributed by atoms with van der Waals surface area (Å²) >= 11 is 5.84. The number of carbonyl (C=O) groups excluding carboxylic acids is 2. The van der Waals surface area contributed by atoms with Gasteiger partial charge in [-0.25, -0.2) is 9.37 Å². The second-order valence-corrected chi connectivity index (χ2v) is 8.68. The first-order valence-corrected chi connectivity index (χ1v) is 10.8. The maximum atomic E-state index is 13.9. The number of nitrogens with one attached hydrogen (secondary N) is 1. The number of rotatable bonds is 4. The molecule has 158 valence electrons. The lowest BCUT2D eigenvalue weighted by Gasteiger charge is -2.39. The minimum atomic E-state index is -0.682. The van der Waals surface area contributed by atoms with Gasteiger partial charge in [0, 0.05) is 19.3 Å². The molecule has 1 N–H and O–H groups in total. The molecule has 0 radical (unpaired) electrons. The summed E-state index contributed by atoms with van der Waals surface area (Å²) in [6, 6.07) is 9.75. The van der Waals surface area contributed by atoms with Crippen molar-refractivity contribution in [1.82, 2.24) is 9.88 Å². The number of pyridine rings is 1. The molecule has 2 heterocycles. The van der Waals surface area contributed by atoms with E-state index in [4.69, 9.17) is 11.6 Å². The number of likely N-dealkylation sites (tertiary alicyclic amines) is 1. The van der Waals surface area contributed by atoms with E-state index in [0.29, 0.717) is 23.9 Å². The predicted octanol–water partition coefficient (Wildman–Crippen LogP) is 4.56. The van der Waals surface area contributed by atoms with Crippen LogP contribution in [0.15, 0.2) is 42.6 Å². The van der Waals surface area contributed by atoms with Gasteiger partial charge in [0.2, 0.25) is 11.8 Å². The fraction of sp³-hybridized carbons (Fsp3) is 0.435. The summed E-state index contributed by atoms with van der Waals surface area (Å²) in [7, 11) is 0. The fourth-order valence-corrected chi connectivity index (χ4v) is 4.86. The Morgan fingerprint density at radius 2 is 1.97 bits per heavy atom. The van der Waals surface area contributed by atoms with Crippen LogP contribution < -0.4 is 5.32 Å². The largest absolute Gasteiger partial charge is 0.341 e. The molecular formula is C23H25ClFN3O2. The lowest BCUT2D eigenvalue weighted by molar-refractivity contribution is -0.140. The summed E-state index contributed by atoms with van der Waals surface area (Å²) in [6.07, 6.45) is 6.29. The maximum absolute atomic E-state index is 13.9. The van der Waals surface area contributed by atoms with E-state index < -0.39 is 5.41 Å². The van der Waals surface area contributed by atoms with Crippen LogP contribution in [-0.4, -0.2) is 34.8 Å². The van der Waals surface area contributed by atoms with E-state index in [0.717, 1.165) is 44.1 Å². The van der Waals surface area contributed by atoms with Crippen LogP contribution in [0, 0.1) is 11.7 Å². The molecule has 1 aromatic heterocycles. The number of carbonyl (C=O) groups is 2. The molecule has 1 atom stereocenters. The summed E-state index contributed by atoms with van der Waals surface area (Å²) in [5.74, 6) is -0.301. The third-order valence-electron chi connectivity index (χ3n) is 6.30. The van der Waals surface area contributed by atoms with Crippen LogP contribution in [0.3, 0.4) is 0 Å². The number of nitrogens with zero attached hydrogens (tertiary/aromatic N) is 2. The van der Waals surface area contributed by atoms with Crippen LogP contribution in [0.25, 0.3) is 0 Å². The molecule has 1 aliphatic carbocycles. The van der Waals surface area contributed by atoms with E-state index in [1.807, 2.05) is 6.07 Å². The Bertz CT molecular complexity index is 928. The van der Waals surface area contributed by atoms with E-state index in [1.54, 1.807) is 23.1 Å². The number of halogens is 2. The number of benzene rings is 1. The van der Waals surface area contributed by atoms with Crippen LogP contribution in [-0.2, 0) is 15.0 Å². The van der Waals surface area contributed by atoms with Gasteiger partial charge in [-0.2, -0.15) is 0 Å². The van der Waals surface area contributed by atoms with E-state index in [9.17, 15) is 14.0 Å². The lowest BCUT2D eigenvalue weighted by atomic mass is 9.77. The average molecular weight is 430 g/mol. The first-order chi connectivity index (χ1) is 14.5. The van der Waals surface area contributed by atoms with Crippen LogP contribution >= 0.6 is 11.6 Å². The Morgan fingerprint density at radius 1 is 1.17 bits per heavy atom. The minimum Gasteiger partial charge on any atom is -0.341 e. The molecule has 2 aromatic rings. The molecule has 2 aliphatic rings. The van der Waals surface area contributed by atoms with E-state index in [-0.39, 0.29) is 23.5 Å². The Hall–Kier alpha value is -2.47. The zero-order valence-corrected chi connectivity index (χ0v) is 17.5. The van der Waals surface area contributed by atoms with Gasteiger partial charge < -0.3 is 10.2 Å². The molecule has 7 heteroatoms. The van der Waals surface area contributed by atoms with E-state index >= 15 is 0 Å². The normalized spacial score (nSPS) is 20.7. The third-order valence-corrected chi connectivity index (χ3v) is 6.53. The van der Waals surface area contributed by atoms with Gasteiger partial charge in [0.25, 0.3) is 0 Å². The van der Waals surface area contributed by atoms with Crippen molar-refractivity contribution in [3.8, 4) is 0 Å². The molecular weight excluding hydrogens is 405 g/mol. The highest BCUT2D eigenvalue weighted by atomic mass is 35.5. The number of anilines is 1. The quantitative estimate of drug-likeness (QED) is 0.774. The predicted molar refractivity (Wildman–Crippen MR) is 114 cm³/mol. The maximum Gasteiger partial charge on any atom is 0.233 e. The number of hydrogen-bond donors (Lipinski definition) is 1. The number of piperidine rings is 1. The standard InChI is InChI=1S/C23H25ClFN3O2/c24-18-8-9-20(26-14-18)27-21(29)16-5-4-12-28(15-16)22(30)23(10-1-2-11-23)17-6-3-7-19(25)13-17/h3,6-9,13-14,16H,1-2,4-5,10-12,15H2,(H,26,27,29). The second-order valence-electron chi connectivity index (χ2n) is 8.24. The van der Waals surface area contributed by atoms with Gasteiger partial charge in [-0.1, -0.05) is 36.6 Å². The lowest BCUT2D eigenvalue weighted by Crippen LogP contribution is -2.51. The minimum absolute atomic E-state index is 0.0210. The molecule has 1 saturated carbocycles. The molecule has 1 aliphatic heterocycles. The monoisotopic (exact) mass is 429 g/mol. The first-order valence-electron chi connectivity index (χ1n) is 10.5. The van der Waals surface area contributed by atoms with Crippen molar-refractivity contribution in [3.05, 3.63) is 59.0 Å². The molecule has 4 rings (SSSR count). The molecule has 2 fully saturated rings. The Balaban J connectivity index is 1.49. The van der Waals surface area contributed by atoms with Crippen molar-refractivity contribution in [1.29, 1.82) is 0 Å². The van der Waals surface area contributed by atoms with Gasteiger partial charge in [0.1, 0.15) is 11.6 Å². The van der Waals surface area contributed by atoms with Gasteiger partial charge in [0.05, 0.1) is 16.4 Å². The van der Waals surface area contributed by atoms with Gasteiger partial charge in [-0.3, -0.25) is 9.59 Å². The fourth-order valence-electron chi connectivity index (χ4n) is 4.75. The highest BCUT2D eigenvalue weighted by molar-refractivity contribution is 6.30. The van der Waals surface area contributed by atoms with E-state index in [2.05, 4.69) is 10.3 Å². The number of amides is 2. The average Bonchev–Trinajstić information content (AvgIpc) is 3.26. The van der Waals surface area contributed by atoms with Crippen LogP contribution in [0.4, 0.5) is 10.2 Å². The molecule has 1 saturated heterocycles. The van der Waals surface area contributed by atoms with Crippen LogP contribution in [0.5, 0.6) is 0 Å². The molecule has 30 heavy (non-hydrogen) atoms. The Labute approximate surface area is 180 Å². The van der Waals surface area contributed by atoms with Crippen LogP contribution in [0.1, 0.15) is 44.1 Å². The van der Waals surface area contributed by atoms with Gasteiger partial charge in [0.15, 0.2) is 0 Å². The second kappa shape index (κ2) is 8.72.